The van der Waals surface area contributed by atoms with Gasteiger partial charge < -0.3 is 0 Å². The molecule has 0 saturated heterocycles. The molecule has 0 aromatic heterocycles. The molecule has 2 amide bonds. The van der Waals surface area contributed by atoms with E-state index in [2.05, 4.69) is 21.7 Å². The number of carbonyl (C=O) groups excluding carboxylic acids is 2. The van der Waals surface area contributed by atoms with Gasteiger partial charge in [0, 0.05) is 0 Å². The van der Waals surface area contributed by atoms with Crippen LogP contribution in [0.5, 0.6) is 0 Å². The third-order valence-corrected chi connectivity index (χ3v) is 3.52. The first-order valence-electron chi connectivity index (χ1n) is 7.92. The van der Waals surface area contributed by atoms with Crippen molar-refractivity contribution < 1.29 is 9.59 Å². The molecule has 0 heterocycles. The molecule has 2 aromatic rings. The molecule has 0 spiro atoms. The standard InChI is InChI=1S/C18H22N4O2/c1-3-13-7-5-9-15(11-13)19-21-17(23)18(24)22-20-16-10-6-8-14(4-2)12-16/h5-12,19-20H,3-4H2,1-2H3,(H,21,23)(H,22,24). The molecule has 0 unspecified atom stereocenters. The zero-order valence-corrected chi connectivity index (χ0v) is 13.8. The number of benzene rings is 2. The summed E-state index contributed by atoms with van der Waals surface area (Å²) in [4.78, 5) is 23.6. The van der Waals surface area contributed by atoms with Crippen molar-refractivity contribution in [2.75, 3.05) is 10.9 Å². The van der Waals surface area contributed by atoms with E-state index in [1.165, 1.54) is 0 Å². The Hall–Kier alpha value is -3.02. The average Bonchev–Trinajstić information content (AvgIpc) is 2.64. The van der Waals surface area contributed by atoms with E-state index in [1.54, 1.807) is 0 Å². The smallest absolute Gasteiger partial charge is 0.298 e. The quantitative estimate of drug-likeness (QED) is 0.485. The van der Waals surface area contributed by atoms with Crippen molar-refractivity contribution in [3.8, 4) is 0 Å². The summed E-state index contributed by atoms with van der Waals surface area (Å²) < 4.78 is 0. The highest BCUT2D eigenvalue weighted by Crippen LogP contribution is 2.10. The minimum atomic E-state index is -0.781. The first-order valence-corrected chi connectivity index (χ1v) is 7.92. The Labute approximate surface area is 141 Å². The molecule has 0 aliphatic rings. The SMILES string of the molecule is CCc1cccc(NNC(=O)C(=O)NNc2cccc(CC)c2)c1. The third kappa shape index (κ3) is 5.01. The Bertz CT molecular complexity index is 654. The Balaban J connectivity index is 1.82. The van der Waals surface area contributed by atoms with Crippen molar-refractivity contribution >= 4 is 23.2 Å². The van der Waals surface area contributed by atoms with E-state index in [0.717, 1.165) is 35.3 Å². The minimum Gasteiger partial charge on any atom is -0.298 e. The van der Waals surface area contributed by atoms with Gasteiger partial charge in [0.05, 0.1) is 11.4 Å². The monoisotopic (exact) mass is 326 g/mol. The molecule has 6 heteroatoms. The first-order chi connectivity index (χ1) is 11.6. The van der Waals surface area contributed by atoms with Crippen LogP contribution in [0.2, 0.25) is 0 Å². The van der Waals surface area contributed by atoms with E-state index in [-0.39, 0.29) is 0 Å². The lowest BCUT2D eigenvalue weighted by molar-refractivity contribution is -0.138. The highest BCUT2D eigenvalue weighted by Gasteiger charge is 2.12. The first kappa shape index (κ1) is 17.3. The summed E-state index contributed by atoms with van der Waals surface area (Å²) in [5.74, 6) is -1.56. The van der Waals surface area contributed by atoms with Crippen LogP contribution in [0.25, 0.3) is 0 Å². The van der Waals surface area contributed by atoms with Crippen LogP contribution in [0.3, 0.4) is 0 Å². The fraction of sp³-hybridized carbons (Fsp3) is 0.222. The lowest BCUT2D eigenvalue weighted by Gasteiger charge is -2.11. The molecule has 0 aliphatic carbocycles. The van der Waals surface area contributed by atoms with Crippen LogP contribution in [-0.2, 0) is 22.4 Å². The number of hydrazine groups is 2. The van der Waals surface area contributed by atoms with Gasteiger partial charge >= 0.3 is 11.8 Å². The Kier molecular flexibility index (Phi) is 6.19. The molecule has 0 fully saturated rings. The molecule has 24 heavy (non-hydrogen) atoms. The number of hydrogen-bond donors (Lipinski definition) is 4. The zero-order valence-electron chi connectivity index (χ0n) is 13.8. The summed E-state index contributed by atoms with van der Waals surface area (Å²) in [5, 5.41) is 0. The van der Waals surface area contributed by atoms with E-state index in [0.29, 0.717) is 0 Å². The number of amides is 2. The second-order valence-corrected chi connectivity index (χ2v) is 5.27. The van der Waals surface area contributed by atoms with Gasteiger partial charge in [-0.05, 0) is 48.2 Å². The summed E-state index contributed by atoms with van der Waals surface area (Å²) in [7, 11) is 0. The molecule has 0 atom stereocenters. The second kappa shape index (κ2) is 8.57. The molecule has 0 saturated carbocycles. The maximum atomic E-state index is 11.8. The van der Waals surface area contributed by atoms with Crippen LogP contribution in [0, 0.1) is 0 Å². The van der Waals surface area contributed by atoms with Gasteiger partial charge in [-0.15, -0.1) is 0 Å². The van der Waals surface area contributed by atoms with E-state index in [9.17, 15) is 9.59 Å². The van der Waals surface area contributed by atoms with Gasteiger partial charge in [0.2, 0.25) is 0 Å². The molecule has 0 radical (unpaired) electrons. The van der Waals surface area contributed by atoms with E-state index < -0.39 is 11.8 Å². The molecular weight excluding hydrogens is 304 g/mol. The largest absolute Gasteiger partial charge is 0.329 e. The van der Waals surface area contributed by atoms with Crippen LogP contribution in [-0.4, -0.2) is 11.8 Å². The Morgan fingerprint density at radius 3 is 1.54 bits per heavy atom. The van der Waals surface area contributed by atoms with Gasteiger partial charge in [-0.3, -0.25) is 31.3 Å². The molecule has 0 bridgehead atoms. The van der Waals surface area contributed by atoms with Gasteiger partial charge in [-0.25, -0.2) is 0 Å². The predicted octanol–water partition coefficient (Wildman–Crippen LogP) is 2.40. The lowest BCUT2D eigenvalue weighted by atomic mass is 10.1. The average molecular weight is 326 g/mol. The van der Waals surface area contributed by atoms with Crippen LogP contribution in [0.1, 0.15) is 25.0 Å². The molecule has 2 aromatic carbocycles. The van der Waals surface area contributed by atoms with Gasteiger partial charge in [0.25, 0.3) is 0 Å². The molecule has 0 aliphatic heterocycles. The molecular formula is C18H22N4O2. The number of aryl methyl sites for hydroxylation is 2. The number of rotatable bonds is 6. The third-order valence-electron chi connectivity index (χ3n) is 3.52. The van der Waals surface area contributed by atoms with Crippen LogP contribution in [0.15, 0.2) is 48.5 Å². The predicted molar refractivity (Wildman–Crippen MR) is 95.2 cm³/mol. The molecule has 126 valence electrons. The Morgan fingerprint density at radius 1 is 0.750 bits per heavy atom. The summed E-state index contributed by atoms with van der Waals surface area (Å²) >= 11 is 0. The van der Waals surface area contributed by atoms with Gasteiger partial charge in [-0.2, -0.15) is 0 Å². The van der Waals surface area contributed by atoms with Crippen molar-refractivity contribution in [3.05, 3.63) is 59.7 Å². The highest BCUT2D eigenvalue weighted by molar-refractivity contribution is 6.35. The van der Waals surface area contributed by atoms with E-state index in [1.807, 2.05) is 62.4 Å². The molecule has 2 rings (SSSR count). The zero-order chi connectivity index (χ0) is 17.4. The molecule has 6 nitrogen and oxygen atoms in total. The maximum absolute atomic E-state index is 11.8. The number of carbonyl (C=O) groups is 2. The summed E-state index contributed by atoms with van der Waals surface area (Å²) in [5.41, 5.74) is 13.9. The van der Waals surface area contributed by atoms with Crippen LogP contribution >= 0.6 is 0 Å². The summed E-state index contributed by atoms with van der Waals surface area (Å²) in [6, 6.07) is 15.2. The van der Waals surface area contributed by atoms with Crippen molar-refractivity contribution in [2.45, 2.75) is 26.7 Å². The minimum absolute atomic E-state index is 0.721. The Morgan fingerprint density at radius 2 is 1.17 bits per heavy atom. The normalized spacial score (nSPS) is 9.92. The number of anilines is 2. The van der Waals surface area contributed by atoms with Crippen LogP contribution in [0.4, 0.5) is 11.4 Å². The lowest BCUT2D eigenvalue weighted by Crippen LogP contribution is -2.44. The van der Waals surface area contributed by atoms with Gasteiger partial charge in [0.15, 0.2) is 0 Å². The number of hydrogen-bond acceptors (Lipinski definition) is 4. The van der Waals surface area contributed by atoms with Gasteiger partial charge in [0.1, 0.15) is 0 Å². The fourth-order valence-electron chi connectivity index (χ4n) is 2.11. The highest BCUT2D eigenvalue weighted by atomic mass is 16.2. The molecule has 4 N–H and O–H groups in total. The second-order valence-electron chi connectivity index (χ2n) is 5.27. The topological polar surface area (TPSA) is 82.3 Å². The van der Waals surface area contributed by atoms with Crippen molar-refractivity contribution in [1.29, 1.82) is 0 Å². The maximum Gasteiger partial charge on any atom is 0.329 e. The summed E-state index contributed by atoms with van der Waals surface area (Å²) in [6.07, 6.45) is 1.79. The van der Waals surface area contributed by atoms with Crippen molar-refractivity contribution in [2.24, 2.45) is 0 Å². The van der Waals surface area contributed by atoms with Gasteiger partial charge in [-0.1, -0.05) is 38.1 Å². The number of nitrogens with one attached hydrogen (secondary N) is 4. The summed E-state index contributed by atoms with van der Waals surface area (Å²) in [6.45, 7) is 4.09. The van der Waals surface area contributed by atoms with E-state index >= 15 is 0 Å². The van der Waals surface area contributed by atoms with E-state index in [4.69, 9.17) is 0 Å². The van der Waals surface area contributed by atoms with Crippen molar-refractivity contribution in [1.82, 2.24) is 10.9 Å². The van der Waals surface area contributed by atoms with Crippen molar-refractivity contribution in [3.63, 3.8) is 0 Å². The fourth-order valence-corrected chi connectivity index (χ4v) is 2.11. The van der Waals surface area contributed by atoms with Crippen LogP contribution < -0.4 is 21.7 Å².